The van der Waals surface area contributed by atoms with Crippen LogP contribution in [0.3, 0.4) is 0 Å². The molecule has 1 aromatic rings. The van der Waals surface area contributed by atoms with E-state index in [9.17, 15) is 4.79 Å². The normalized spacial score (nSPS) is 21.9. The number of nitrogens with zero attached hydrogens (tertiary/aromatic N) is 1. The van der Waals surface area contributed by atoms with Gasteiger partial charge in [-0.3, -0.25) is 4.79 Å². The molecule has 1 aliphatic rings. The Morgan fingerprint density at radius 3 is 2.62 bits per heavy atom. The minimum absolute atomic E-state index is 0.0438. The van der Waals surface area contributed by atoms with Crippen LogP contribution in [0.25, 0.3) is 0 Å². The SMILES string of the molecule is CCN(C(=O)c1ccc(Br)cc1OC)C1CCC(N)CC1. The van der Waals surface area contributed by atoms with Crippen molar-refractivity contribution in [3.63, 3.8) is 0 Å². The number of nitrogens with two attached hydrogens (primary N) is 1. The Bertz CT molecular complexity index is 499. The molecule has 2 rings (SSSR count). The van der Waals surface area contributed by atoms with Crippen molar-refractivity contribution in [2.45, 2.75) is 44.7 Å². The van der Waals surface area contributed by atoms with E-state index in [0.717, 1.165) is 30.2 Å². The lowest BCUT2D eigenvalue weighted by molar-refractivity contribution is 0.0637. The summed E-state index contributed by atoms with van der Waals surface area (Å²) < 4.78 is 6.25. The van der Waals surface area contributed by atoms with Crippen molar-refractivity contribution >= 4 is 21.8 Å². The van der Waals surface area contributed by atoms with Crippen molar-refractivity contribution in [2.75, 3.05) is 13.7 Å². The van der Waals surface area contributed by atoms with Gasteiger partial charge in [0, 0.05) is 23.1 Å². The highest BCUT2D eigenvalue weighted by Crippen LogP contribution is 2.28. The largest absolute Gasteiger partial charge is 0.496 e. The van der Waals surface area contributed by atoms with Gasteiger partial charge in [0.05, 0.1) is 12.7 Å². The molecule has 0 spiro atoms. The number of amides is 1. The lowest BCUT2D eigenvalue weighted by atomic mass is 9.90. The summed E-state index contributed by atoms with van der Waals surface area (Å²) in [5, 5.41) is 0. The summed E-state index contributed by atoms with van der Waals surface area (Å²) in [6.07, 6.45) is 3.96. The van der Waals surface area contributed by atoms with Crippen LogP contribution in [0.5, 0.6) is 5.75 Å². The van der Waals surface area contributed by atoms with E-state index in [1.54, 1.807) is 7.11 Å². The highest BCUT2D eigenvalue weighted by atomic mass is 79.9. The zero-order chi connectivity index (χ0) is 15.4. The molecule has 0 saturated heterocycles. The van der Waals surface area contributed by atoms with Crippen LogP contribution in [0.15, 0.2) is 22.7 Å². The molecular weight excluding hydrogens is 332 g/mol. The molecule has 2 N–H and O–H groups in total. The van der Waals surface area contributed by atoms with Crippen LogP contribution in [-0.4, -0.2) is 36.5 Å². The van der Waals surface area contributed by atoms with Crippen molar-refractivity contribution in [2.24, 2.45) is 5.73 Å². The molecule has 0 aliphatic heterocycles. The van der Waals surface area contributed by atoms with Crippen LogP contribution in [0.1, 0.15) is 43.0 Å². The van der Waals surface area contributed by atoms with E-state index >= 15 is 0 Å². The average Bonchev–Trinajstić information content (AvgIpc) is 2.49. The second kappa shape index (κ2) is 7.27. The summed E-state index contributed by atoms with van der Waals surface area (Å²) in [4.78, 5) is 14.8. The standard InChI is InChI=1S/C16H23BrN2O2/c1-3-19(13-7-5-12(18)6-8-13)16(20)14-9-4-11(17)10-15(14)21-2/h4,9-10,12-13H,3,5-8,18H2,1-2H3. The van der Waals surface area contributed by atoms with Gasteiger partial charge < -0.3 is 15.4 Å². The van der Waals surface area contributed by atoms with Gasteiger partial charge in [0.2, 0.25) is 0 Å². The van der Waals surface area contributed by atoms with Gasteiger partial charge in [-0.15, -0.1) is 0 Å². The van der Waals surface area contributed by atoms with E-state index in [1.807, 2.05) is 30.0 Å². The Balaban J connectivity index is 2.20. The Labute approximate surface area is 134 Å². The maximum Gasteiger partial charge on any atom is 0.257 e. The van der Waals surface area contributed by atoms with Crippen LogP contribution in [0.2, 0.25) is 0 Å². The number of carbonyl (C=O) groups is 1. The first-order valence-corrected chi connectivity index (χ1v) is 8.26. The first-order chi connectivity index (χ1) is 10.1. The van der Waals surface area contributed by atoms with Crippen molar-refractivity contribution in [1.29, 1.82) is 0 Å². The zero-order valence-electron chi connectivity index (χ0n) is 12.6. The summed E-state index contributed by atoms with van der Waals surface area (Å²) in [5.74, 6) is 0.655. The fourth-order valence-electron chi connectivity index (χ4n) is 2.98. The highest BCUT2D eigenvalue weighted by molar-refractivity contribution is 9.10. The van der Waals surface area contributed by atoms with Crippen molar-refractivity contribution < 1.29 is 9.53 Å². The molecule has 0 radical (unpaired) electrons. The molecule has 1 saturated carbocycles. The molecule has 1 aromatic carbocycles. The van der Waals surface area contributed by atoms with Gasteiger partial charge >= 0.3 is 0 Å². The molecule has 21 heavy (non-hydrogen) atoms. The molecule has 5 heteroatoms. The number of methoxy groups -OCH3 is 1. The molecule has 0 atom stereocenters. The van der Waals surface area contributed by atoms with E-state index in [0.29, 0.717) is 17.9 Å². The predicted octanol–water partition coefficient (Wildman–Crippen LogP) is 3.19. The Kier molecular flexibility index (Phi) is 5.65. The first-order valence-electron chi connectivity index (χ1n) is 7.46. The van der Waals surface area contributed by atoms with E-state index in [2.05, 4.69) is 15.9 Å². The van der Waals surface area contributed by atoms with Crippen LogP contribution in [0, 0.1) is 0 Å². The lowest BCUT2D eigenvalue weighted by Crippen LogP contribution is -2.44. The fraction of sp³-hybridized carbons (Fsp3) is 0.562. The number of hydrogen-bond acceptors (Lipinski definition) is 3. The topological polar surface area (TPSA) is 55.6 Å². The maximum absolute atomic E-state index is 12.8. The molecule has 0 aromatic heterocycles. The second-order valence-electron chi connectivity index (χ2n) is 5.50. The number of benzene rings is 1. The number of carbonyl (C=O) groups excluding carboxylic acids is 1. The Hall–Kier alpha value is -1.07. The monoisotopic (exact) mass is 354 g/mol. The van der Waals surface area contributed by atoms with Crippen LogP contribution >= 0.6 is 15.9 Å². The van der Waals surface area contributed by atoms with E-state index in [-0.39, 0.29) is 18.0 Å². The van der Waals surface area contributed by atoms with E-state index in [4.69, 9.17) is 10.5 Å². The molecular formula is C16H23BrN2O2. The highest BCUT2D eigenvalue weighted by Gasteiger charge is 2.28. The molecule has 0 unspecified atom stereocenters. The molecule has 1 aliphatic carbocycles. The van der Waals surface area contributed by atoms with Crippen molar-refractivity contribution in [3.8, 4) is 5.75 Å². The first kappa shape index (κ1) is 16.3. The fourth-order valence-corrected chi connectivity index (χ4v) is 3.32. The van der Waals surface area contributed by atoms with Crippen LogP contribution < -0.4 is 10.5 Å². The molecule has 116 valence electrons. The molecule has 1 fully saturated rings. The molecule has 4 nitrogen and oxygen atoms in total. The summed E-state index contributed by atoms with van der Waals surface area (Å²) in [6.45, 7) is 2.73. The van der Waals surface area contributed by atoms with E-state index < -0.39 is 0 Å². The van der Waals surface area contributed by atoms with Gasteiger partial charge in [-0.05, 0) is 50.8 Å². The molecule has 0 bridgehead atoms. The Morgan fingerprint density at radius 2 is 2.05 bits per heavy atom. The van der Waals surface area contributed by atoms with Gasteiger partial charge in [0.25, 0.3) is 5.91 Å². The number of ether oxygens (including phenoxy) is 1. The molecule has 1 amide bonds. The predicted molar refractivity (Wildman–Crippen MR) is 87.6 cm³/mol. The summed E-state index contributed by atoms with van der Waals surface area (Å²) in [7, 11) is 1.59. The van der Waals surface area contributed by atoms with Gasteiger partial charge in [0.1, 0.15) is 5.75 Å². The van der Waals surface area contributed by atoms with Crippen molar-refractivity contribution in [3.05, 3.63) is 28.2 Å². The third-order valence-corrected chi connectivity index (χ3v) is 4.67. The minimum Gasteiger partial charge on any atom is -0.496 e. The van der Waals surface area contributed by atoms with Gasteiger partial charge in [0.15, 0.2) is 0 Å². The molecule has 0 heterocycles. The lowest BCUT2D eigenvalue weighted by Gasteiger charge is -2.35. The second-order valence-corrected chi connectivity index (χ2v) is 6.42. The number of rotatable bonds is 4. The third kappa shape index (κ3) is 3.77. The Morgan fingerprint density at radius 1 is 1.38 bits per heavy atom. The average molecular weight is 355 g/mol. The maximum atomic E-state index is 12.8. The smallest absolute Gasteiger partial charge is 0.257 e. The summed E-state index contributed by atoms with van der Waals surface area (Å²) >= 11 is 3.40. The quantitative estimate of drug-likeness (QED) is 0.903. The van der Waals surface area contributed by atoms with Gasteiger partial charge in [-0.2, -0.15) is 0 Å². The minimum atomic E-state index is 0.0438. The number of hydrogen-bond donors (Lipinski definition) is 1. The number of halogens is 1. The van der Waals surface area contributed by atoms with Crippen LogP contribution in [-0.2, 0) is 0 Å². The van der Waals surface area contributed by atoms with Crippen molar-refractivity contribution in [1.82, 2.24) is 4.90 Å². The third-order valence-electron chi connectivity index (χ3n) is 4.18. The van der Waals surface area contributed by atoms with Gasteiger partial charge in [-0.25, -0.2) is 0 Å². The van der Waals surface area contributed by atoms with Crippen LogP contribution in [0.4, 0.5) is 0 Å². The van der Waals surface area contributed by atoms with E-state index in [1.165, 1.54) is 0 Å². The van der Waals surface area contributed by atoms with Gasteiger partial charge in [-0.1, -0.05) is 15.9 Å². The zero-order valence-corrected chi connectivity index (χ0v) is 14.2. The summed E-state index contributed by atoms with van der Waals surface area (Å²) in [6, 6.07) is 6.11. The summed E-state index contributed by atoms with van der Waals surface area (Å²) in [5.41, 5.74) is 6.58.